The maximum atomic E-state index is 5.64. The number of nitrogens with zero attached hydrogens (tertiary/aromatic N) is 2. The van der Waals surface area contributed by atoms with Crippen molar-refractivity contribution in [2.45, 2.75) is 32.6 Å². The van der Waals surface area contributed by atoms with Gasteiger partial charge in [0.25, 0.3) is 0 Å². The molecule has 1 fully saturated rings. The van der Waals surface area contributed by atoms with Gasteiger partial charge in [0.2, 0.25) is 5.88 Å². The molecule has 5 nitrogen and oxygen atoms in total. The number of hydrazine groups is 1. The maximum absolute atomic E-state index is 5.64. The Morgan fingerprint density at radius 1 is 1.50 bits per heavy atom. The molecule has 5 heteroatoms. The molecule has 1 heterocycles. The Bertz CT molecular complexity index is 352. The molecule has 0 amide bonds. The average Bonchev–Trinajstić information content (AvgIpc) is 2.24. The third kappa shape index (κ3) is 2.41. The molecule has 0 atom stereocenters. The van der Waals surface area contributed by atoms with Crippen LogP contribution in [0.1, 0.15) is 31.2 Å². The van der Waals surface area contributed by atoms with Gasteiger partial charge >= 0.3 is 0 Å². The van der Waals surface area contributed by atoms with Crippen molar-refractivity contribution in [3.8, 4) is 5.88 Å². The number of nitrogens with one attached hydrogen (secondary N) is 1. The summed E-state index contributed by atoms with van der Waals surface area (Å²) in [7, 11) is 0. The van der Waals surface area contributed by atoms with Gasteiger partial charge in [-0.1, -0.05) is 19.3 Å². The van der Waals surface area contributed by atoms with E-state index in [0.29, 0.717) is 11.7 Å². The van der Waals surface area contributed by atoms with Crippen LogP contribution in [0.25, 0.3) is 0 Å². The first-order valence-electron chi connectivity index (χ1n) is 5.72. The number of aromatic nitrogens is 2. The Labute approximate surface area is 95.4 Å². The van der Waals surface area contributed by atoms with Gasteiger partial charge in [0.05, 0.1) is 12.2 Å². The van der Waals surface area contributed by atoms with Crippen molar-refractivity contribution in [2.24, 2.45) is 11.8 Å². The molecule has 0 radical (unpaired) electrons. The van der Waals surface area contributed by atoms with Crippen molar-refractivity contribution < 1.29 is 4.74 Å². The van der Waals surface area contributed by atoms with Crippen molar-refractivity contribution in [1.82, 2.24) is 9.97 Å². The molecule has 16 heavy (non-hydrogen) atoms. The van der Waals surface area contributed by atoms with Crippen LogP contribution in [0.15, 0.2) is 6.33 Å². The molecule has 3 N–H and O–H groups in total. The van der Waals surface area contributed by atoms with E-state index in [9.17, 15) is 0 Å². The predicted molar refractivity (Wildman–Crippen MR) is 62.0 cm³/mol. The van der Waals surface area contributed by atoms with Crippen LogP contribution in [0.4, 0.5) is 5.82 Å². The lowest BCUT2D eigenvalue weighted by atomic mass is 9.83. The molecule has 0 unspecified atom stereocenters. The van der Waals surface area contributed by atoms with E-state index >= 15 is 0 Å². The quantitative estimate of drug-likeness (QED) is 0.585. The van der Waals surface area contributed by atoms with Crippen LogP contribution in [0.3, 0.4) is 0 Å². The van der Waals surface area contributed by atoms with Crippen LogP contribution < -0.4 is 16.0 Å². The summed E-state index contributed by atoms with van der Waals surface area (Å²) in [5.41, 5.74) is 3.39. The standard InChI is InChI=1S/C11H18N4O/c1-8-10(15-12)13-7-14-11(8)16-6-5-9-3-2-4-9/h7,9H,2-6,12H2,1H3,(H,13,14,15). The molecular formula is C11H18N4O. The summed E-state index contributed by atoms with van der Waals surface area (Å²) in [4.78, 5) is 8.10. The molecule has 1 aromatic rings. The number of rotatable bonds is 5. The number of anilines is 1. The maximum Gasteiger partial charge on any atom is 0.221 e. The lowest BCUT2D eigenvalue weighted by Crippen LogP contribution is -2.16. The minimum Gasteiger partial charge on any atom is -0.477 e. The SMILES string of the molecule is Cc1c(NN)ncnc1OCCC1CCC1. The van der Waals surface area contributed by atoms with Crippen molar-refractivity contribution in [2.75, 3.05) is 12.0 Å². The van der Waals surface area contributed by atoms with Gasteiger partial charge in [-0.05, 0) is 19.3 Å². The third-order valence-corrected chi connectivity index (χ3v) is 3.16. The number of nitrogens with two attached hydrogens (primary N) is 1. The Hall–Kier alpha value is -1.36. The fraction of sp³-hybridized carbons (Fsp3) is 0.636. The van der Waals surface area contributed by atoms with Crippen LogP contribution in [-0.2, 0) is 0 Å². The fourth-order valence-electron chi connectivity index (χ4n) is 1.83. The van der Waals surface area contributed by atoms with Crippen LogP contribution in [0.5, 0.6) is 5.88 Å². The first-order valence-corrected chi connectivity index (χ1v) is 5.72. The second-order valence-corrected chi connectivity index (χ2v) is 4.23. The topological polar surface area (TPSA) is 73.1 Å². The van der Waals surface area contributed by atoms with Crippen LogP contribution in [0.2, 0.25) is 0 Å². The molecule has 0 spiro atoms. The Morgan fingerprint density at radius 2 is 2.31 bits per heavy atom. The second kappa shape index (κ2) is 5.12. The smallest absolute Gasteiger partial charge is 0.221 e. The molecular weight excluding hydrogens is 204 g/mol. The minimum absolute atomic E-state index is 0.619. The van der Waals surface area contributed by atoms with Gasteiger partial charge in [0.1, 0.15) is 12.1 Å². The summed E-state index contributed by atoms with van der Waals surface area (Å²) in [6.07, 6.45) is 6.65. The highest BCUT2D eigenvalue weighted by atomic mass is 16.5. The zero-order valence-electron chi connectivity index (χ0n) is 9.57. The van der Waals surface area contributed by atoms with E-state index in [1.807, 2.05) is 6.92 Å². The van der Waals surface area contributed by atoms with E-state index < -0.39 is 0 Å². The number of hydrogen-bond acceptors (Lipinski definition) is 5. The summed E-state index contributed by atoms with van der Waals surface area (Å²) < 4.78 is 5.64. The van der Waals surface area contributed by atoms with Gasteiger partial charge in [-0.25, -0.2) is 15.8 Å². The average molecular weight is 222 g/mol. The highest BCUT2D eigenvalue weighted by Crippen LogP contribution is 2.29. The summed E-state index contributed by atoms with van der Waals surface area (Å²) in [5.74, 6) is 7.43. The lowest BCUT2D eigenvalue weighted by molar-refractivity contribution is 0.216. The van der Waals surface area contributed by atoms with Gasteiger partial charge in [0.15, 0.2) is 0 Å². The monoisotopic (exact) mass is 222 g/mol. The number of nitrogen functional groups attached to an aromatic ring is 1. The Balaban J connectivity index is 1.87. The molecule has 0 aliphatic heterocycles. The molecule has 88 valence electrons. The zero-order valence-corrected chi connectivity index (χ0v) is 9.57. The third-order valence-electron chi connectivity index (χ3n) is 3.16. The summed E-state index contributed by atoms with van der Waals surface area (Å²) in [6, 6.07) is 0. The molecule has 0 aromatic carbocycles. The van der Waals surface area contributed by atoms with Crippen LogP contribution in [-0.4, -0.2) is 16.6 Å². The minimum atomic E-state index is 0.619. The highest BCUT2D eigenvalue weighted by molar-refractivity contribution is 5.46. The predicted octanol–water partition coefficient (Wildman–Crippen LogP) is 1.64. The normalized spacial score (nSPS) is 15.6. The molecule has 1 aliphatic rings. The van der Waals surface area contributed by atoms with E-state index in [1.165, 1.54) is 25.6 Å². The lowest BCUT2D eigenvalue weighted by Gasteiger charge is -2.25. The van der Waals surface area contributed by atoms with Gasteiger partial charge in [0, 0.05) is 0 Å². The van der Waals surface area contributed by atoms with Crippen molar-refractivity contribution >= 4 is 5.82 Å². The van der Waals surface area contributed by atoms with E-state index in [1.54, 1.807) is 0 Å². The van der Waals surface area contributed by atoms with Gasteiger partial charge in [-0.15, -0.1) is 0 Å². The molecule has 0 bridgehead atoms. The van der Waals surface area contributed by atoms with E-state index in [-0.39, 0.29) is 0 Å². The fourth-order valence-corrected chi connectivity index (χ4v) is 1.83. The molecule has 0 saturated heterocycles. The zero-order chi connectivity index (χ0) is 11.4. The van der Waals surface area contributed by atoms with Crippen molar-refractivity contribution in [3.05, 3.63) is 11.9 Å². The van der Waals surface area contributed by atoms with Crippen molar-refractivity contribution in [1.29, 1.82) is 0 Å². The van der Waals surface area contributed by atoms with Crippen LogP contribution >= 0.6 is 0 Å². The molecule has 2 rings (SSSR count). The second-order valence-electron chi connectivity index (χ2n) is 4.23. The van der Waals surface area contributed by atoms with Crippen molar-refractivity contribution in [3.63, 3.8) is 0 Å². The van der Waals surface area contributed by atoms with Crippen LogP contribution in [0, 0.1) is 12.8 Å². The summed E-state index contributed by atoms with van der Waals surface area (Å²) in [6.45, 7) is 2.63. The van der Waals surface area contributed by atoms with Gasteiger partial charge in [-0.3, -0.25) is 0 Å². The number of ether oxygens (including phenoxy) is 1. The molecule has 1 aliphatic carbocycles. The Morgan fingerprint density at radius 3 is 2.94 bits per heavy atom. The van der Waals surface area contributed by atoms with Gasteiger partial charge < -0.3 is 10.2 Å². The van der Waals surface area contributed by atoms with E-state index in [4.69, 9.17) is 10.6 Å². The first-order chi connectivity index (χ1) is 7.81. The molecule has 1 aromatic heterocycles. The molecule has 1 saturated carbocycles. The summed E-state index contributed by atoms with van der Waals surface area (Å²) >= 11 is 0. The van der Waals surface area contributed by atoms with E-state index in [2.05, 4.69) is 15.4 Å². The summed E-state index contributed by atoms with van der Waals surface area (Å²) in [5, 5.41) is 0. The van der Waals surface area contributed by atoms with Gasteiger partial charge in [-0.2, -0.15) is 0 Å². The first kappa shape index (κ1) is 11.1. The number of hydrogen-bond donors (Lipinski definition) is 2. The highest BCUT2D eigenvalue weighted by Gasteiger charge is 2.17. The van der Waals surface area contributed by atoms with E-state index in [0.717, 1.165) is 24.5 Å². The Kier molecular flexibility index (Phi) is 3.56. The largest absolute Gasteiger partial charge is 0.477 e.